The third-order valence-electron chi connectivity index (χ3n) is 2.17. The fourth-order valence-electron chi connectivity index (χ4n) is 1.49. The van der Waals surface area contributed by atoms with Gasteiger partial charge in [-0.2, -0.15) is 0 Å². The van der Waals surface area contributed by atoms with E-state index in [0.717, 1.165) is 25.1 Å². The number of hydrogen-bond donors (Lipinski definition) is 1. The van der Waals surface area contributed by atoms with Gasteiger partial charge in [0, 0.05) is 6.54 Å². The minimum absolute atomic E-state index is 0.169. The second-order valence-electron chi connectivity index (χ2n) is 2.93. The van der Waals surface area contributed by atoms with E-state index in [1.807, 2.05) is 6.07 Å². The summed E-state index contributed by atoms with van der Waals surface area (Å²) in [5.74, 6) is -0.169. The first-order chi connectivity index (χ1) is 5.79. The molecule has 1 aliphatic rings. The second-order valence-corrected chi connectivity index (χ2v) is 3.72. The van der Waals surface area contributed by atoms with Crippen LogP contribution in [0.15, 0.2) is 16.6 Å². The van der Waals surface area contributed by atoms with E-state index in [1.165, 1.54) is 11.6 Å². The molecule has 0 radical (unpaired) electrons. The molecule has 3 heteroatoms. The van der Waals surface area contributed by atoms with Crippen LogP contribution < -0.4 is 5.32 Å². The van der Waals surface area contributed by atoms with Gasteiger partial charge in [-0.15, -0.1) is 0 Å². The van der Waals surface area contributed by atoms with Crippen molar-refractivity contribution in [3.63, 3.8) is 0 Å². The molecule has 0 saturated heterocycles. The van der Waals surface area contributed by atoms with E-state index >= 15 is 0 Å². The summed E-state index contributed by atoms with van der Waals surface area (Å²) in [6, 6.07) is 3.39. The van der Waals surface area contributed by atoms with E-state index in [1.54, 1.807) is 0 Å². The van der Waals surface area contributed by atoms with Gasteiger partial charge < -0.3 is 5.32 Å². The Labute approximate surface area is 79.1 Å². The Morgan fingerprint density at radius 1 is 1.42 bits per heavy atom. The number of rotatable bonds is 0. The lowest BCUT2D eigenvalue weighted by atomic mass is 10.0. The van der Waals surface area contributed by atoms with Crippen molar-refractivity contribution >= 4 is 15.9 Å². The summed E-state index contributed by atoms with van der Waals surface area (Å²) < 4.78 is 13.6. The second kappa shape index (κ2) is 3.15. The Hall–Kier alpha value is -0.410. The largest absolute Gasteiger partial charge is 0.312 e. The van der Waals surface area contributed by atoms with Crippen LogP contribution in [-0.2, 0) is 13.0 Å². The maximum absolute atomic E-state index is 13.0. The molecule has 0 aromatic heterocycles. The minimum Gasteiger partial charge on any atom is -0.312 e. The molecule has 1 N–H and O–H groups in total. The monoisotopic (exact) mass is 229 g/mol. The van der Waals surface area contributed by atoms with Gasteiger partial charge in [-0.3, -0.25) is 0 Å². The van der Waals surface area contributed by atoms with Crippen LogP contribution in [0.1, 0.15) is 11.1 Å². The quantitative estimate of drug-likeness (QED) is 0.720. The lowest BCUT2D eigenvalue weighted by Crippen LogP contribution is -2.24. The standard InChI is InChI=1S/C9H9BrFN/c10-9-7-5-12-4-3-6(7)1-2-8(9)11/h1-2,12H,3-5H2. The third kappa shape index (κ3) is 1.27. The van der Waals surface area contributed by atoms with E-state index in [9.17, 15) is 4.39 Å². The summed E-state index contributed by atoms with van der Waals surface area (Å²) in [5.41, 5.74) is 2.32. The van der Waals surface area contributed by atoms with Gasteiger partial charge in [0.15, 0.2) is 0 Å². The SMILES string of the molecule is Fc1ccc2c(c1Br)CNCC2. The molecule has 0 saturated carbocycles. The summed E-state index contributed by atoms with van der Waals surface area (Å²) in [4.78, 5) is 0. The van der Waals surface area contributed by atoms with Crippen molar-refractivity contribution in [2.45, 2.75) is 13.0 Å². The molecule has 0 aliphatic carbocycles. The Balaban J connectivity index is 2.54. The zero-order valence-corrected chi connectivity index (χ0v) is 8.12. The third-order valence-corrected chi connectivity index (χ3v) is 3.02. The molecule has 0 unspecified atom stereocenters. The molecule has 2 rings (SSSR count). The van der Waals surface area contributed by atoms with Crippen molar-refractivity contribution in [1.29, 1.82) is 0 Å². The van der Waals surface area contributed by atoms with E-state index in [4.69, 9.17) is 0 Å². The highest BCUT2D eigenvalue weighted by molar-refractivity contribution is 9.10. The van der Waals surface area contributed by atoms with Crippen LogP contribution in [-0.4, -0.2) is 6.54 Å². The molecular formula is C9H9BrFN. The van der Waals surface area contributed by atoms with Crippen LogP contribution in [0.5, 0.6) is 0 Å². The fraction of sp³-hybridized carbons (Fsp3) is 0.333. The molecular weight excluding hydrogens is 221 g/mol. The highest BCUT2D eigenvalue weighted by atomic mass is 79.9. The molecule has 0 bridgehead atoms. The predicted octanol–water partition coefficient (Wildman–Crippen LogP) is 2.23. The molecule has 0 amide bonds. The predicted molar refractivity (Wildman–Crippen MR) is 49.5 cm³/mol. The average molecular weight is 230 g/mol. The number of fused-ring (bicyclic) bond motifs is 1. The van der Waals surface area contributed by atoms with Crippen LogP contribution in [0.25, 0.3) is 0 Å². The van der Waals surface area contributed by atoms with Gasteiger partial charge >= 0.3 is 0 Å². The smallest absolute Gasteiger partial charge is 0.137 e. The van der Waals surface area contributed by atoms with E-state index in [0.29, 0.717) is 4.47 Å². The van der Waals surface area contributed by atoms with Crippen LogP contribution in [0.2, 0.25) is 0 Å². The summed E-state index contributed by atoms with van der Waals surface area (Å²) in [5, 5.41) is 3.21. The van der Waals surface area contributed by atoms with Crippen molar-refractivity contribution in [3.8, 4) is 0 Å². The number of halogens is 2. The van der Waals surface area contributed by atoms with Gasteiger partial charge in [-0.25, -0.2) is 4.39 Å². The first-order valence-corrected chi connectivity index (χ1v) is 4.75. The summed E-state index contributed by atoms with van der Waals surface area (Å²) in [6.07, 6.45) is 0.994. The van der Waals surface area contributed by atoms with Gasteiger partial charge in [-0.1, -0.05) is 6.07 Å². The number of nitrogens with one attached hydrogen (secondary N) is 1. The van der Waals surface area contributed by atoms with Crippen LogP contribution >= 0.6 is 15.9 Å². The van der Waals surface area contributed by atoms with Gasteiger partial charge in [0.1, 0.15) is 5.82 Å². The molecule has 1 heterocycles. The van der Waals surface area contributed by atoms with Crippen molar-refractivity contribution in [1.82, 2.24) is 5.32 Å². The number of hydrogen-bond acceptors (Lipinski definition) is 1. The van der Waals surface area contributed by atoms with Crippen molar-refractivity contribution < 1.29 is 4.39 Å². The Kier molecular flexibility index (Phi) is 2.15. The molecule has 1 nitrogen and oxygen atoms in total. The van der Waals surface area contributed by atoms with Crippen molar-refractivity contribution in [2.75, 3.05) is 6.54 Å². The molecule has 1 aromatic rings. The van der Waals surface area contributed by atoms with Gasteiger partial charge in [0.05, 0.1) is 4.47 Å². The molecule has 12 heavy (non-hydrogen) atoms. The van der Waals surface area contributed by atoms with E-state index < -0.39 is 0 Å². The van der Waals surface area contributed by atoms with Gasteiger partial charge in [0.2, 0.25) is 0 Å². The summed E-state index contributed by atoms with van der Waals surface area (Å²) in [6.45, 7) is 1.76. The lowest BCUT2D eigenvalue weighted by Gasteiger charge is -2.18. The summed E-state index contributed by atoms with van der Waals surface area (Å²) >= 11 is 3.25. The molecule has 0 spiro atoms. The normalized spacial score (nSPS) is 15.8. The zero-order valence-electron chi connectivity index (χ0n) is 6.53. The topological polar surface area (TPSA) is 12.0 Å². The maximum atomic E-state index is 13.0. The van der Waals surface area contributed by atoms with E-state index in [-0.39, 0.29) is 5.82 Å². The highest BCUT2D eigenvalue weighted by Crippen LogP contribution is 2.25. The highest BCUT2D eigenvalue weighted by Gasteiger charge is 2.13. The Morgan fingerprint density at radius 3 is 3.08 bits per heavy atom. The first-order valence-electron chi connectivity index (χ1n) is 3.95. The lowest BCUT2D eigenvalue weighted by molar-refractivity contribution is 0.596. The Bertz CT molecular complexity index is 312. The van der Waals surface area contributed by atoms with Crippen LogP contribution in [0, 0.1) is 5.82 Å². The molecule has 1 aliphatic heterocycles. The zero-order chi connectivity index (χ0) is 8.55. The molecule has 1 aromatic carbocycles. The van der Waals surface area contributed by atoms with Crippen molar-refractivity contribution in [2.24, 2.45) is 0 Å². The van der Waals surface area contributed by atoms with Crippen LogP contribution in [0.3, 0.4) is 0 Å². The van der Waals surface area contributed by atoms with Gasteiger partial charge in [-0.05, 0) is 46.1 Å². The Morgan fingerprint density at radius 2 is 2.25 bits per heavy atom. The number of benzene rings is 1. The summed E-state index contributed by atoms with van der Waals surface area (Å²) in [7, 11) is 0. The average Bonchev–Trinajstić information content (AvgIpc) is 2.12. The fourth-order valence-corrected chi connectivity index (χ4v) is 2.02. The molecule has 64 valence electrons. The maximum Gasteiger partial charge on any atom is 0.137 e. The first kappa shape index (κ1) is 8.20. The minimum atomic E-state index is -0.169. The van der Waals surface area contributed by atoms with Crippen LogP contribution in [0.4, 0.5) is 4.39 Å². The van der Waals surface area contributed by atoms with E-state index in [2.05, 4.69) is 21.2 Å². The van der Waals surface area contributed by atoms with Crippen molar-refractivity contribution in [3.05, 3.63) is 33.5 Å². The van der Waals surface area contributed by atoms with Gasteiger partial charge in [0.25, 0.3) is 0 Å². The molecule has 0 atom stereocenters. The molecule has 0 fully saturated rings.